The summed E-state index contributed by atoms with van der Waals surface area (Å²) in [5.41, 5.74) is 12.9. The van der Waals surface area contributed by atoms with Gasteiger partial charge in [-0.3, -0.25) is 4.79 Å². The van der Waals surface area contributed by atoms with Crippen LogP contribution in [0.1, 0.15) is 28.1 Å². The molecule has 0 unspecified atom stereocenters. The van der Waals surface area contributed by atoms with Crippen LogP contribution < -0.4 is 11.5 Å². The SMILES string of the molecule is COC1=CCCc2cc(-c3cc(C(N)=O)c(N)[nH]3)oc21. The lowest BCUT2D eigenvalue weighted by atomic mass is 10.0. The molecule has 104 valence electrons. The van der Waals surface area contributed by atoms with E-state index in [0.29, 0.717) is 11.5 Å². The number of aromatic amines is 1. The van der Waals surface area contributed by atoms with Gasteiger partial charge in [0.1, 0.15) is 5.82 Å². The maximum absolute atomic E-state index is 11.2. The zero-order valence-electron chi connectivity index (χ0n) is 11.0. The first-order valence-corrected chi connectivity index (χ1v) is 6.26. The second-order valence-corrected chi connectivity index (χ2v) is 4.65. The number of nitrogens with two attached hydrogens (primary N) is 2. The number of rotatable bonds is 3. The number of carbonyl (C=O) groups excluding carboxylic acids is 1. The number of allylic oxidation sites excluding steroid dienone is 1. The van der Waals surface area contributed by atoms with Crippen LogP contribution in [0.2, 0.25) is 0 Å². The molecule has 0 radical (unpaired) electrons. The molecule has 1 aliphatic carbocycles. The van der Waals surface area contributed by atoms with Crippen molar-refractivity contribution in [3.8, 4) is 11.5 Å². The van der Waals surface area contributed by atoms with E-state index in [-0.39, 0.29) is 11.4 Å². The number of ether oxygens (including phenoxy) is 1. The molecule has 20 heavy (non-hydrogen) atoms. The van der Waals surface area contributed by atoms with Crippen LogP contribution in [0.5, 0.6) is 0 Å². The maximum Gasteiger partial charge on any atom is 0.252 e. The molecule has 0 fully saturated rings. The fourth-order valence-electron chi connectivity index (χ4n) is 2.39. The van der Waals surface area contributed by atoms with Crippen LogP contribution >= 0.6 is 0 Å². The summed E-state index contributed by atoms with van der Waals surface area (Å²) in [4.78, 5) is 14.1. The largest absolute Gasteiger partial charge is 0.493 e. The van der Waals surface area contributed by atoms with Crippen LogP contribution in [0.15, 0.2) is 22.6 Å². The van der Waals surface area contributed by atoms with Crippen molar-refractivity contribution in [1.29, 1.82) is 0 Å². The smallest absolute Gasteiger partial charge is 0.252 e. The predicted molar refractivity (Wildman–Crippen MR) is 74.7 cm³/mol. The lowest BCUT2D eigenvalue weighted by Crippen LogP contribution is -2.11. The van der Waals surface area contributed by atoms with Crippen molar-refractivity contribution < 1.29 is 13.9 Å². The van der Waals surface area contributed by atoms with Crippen molar-refractivity contribution in [2.75, 3.05) is 12.8 Å². The minimum absolute atomic E-state index is 0.240. The topological polar surface area (TPSA) is 107 Å². The Bertz CT molecular complexity index is 709. The van der Waals surface area contributed by atoms with E-state index in [1.54, 1.807) is 13.2 Å². The number of hydrogen-bond acceptors (Lipinski definition) is 4. The molecule has 2 aromatic heterocycles. The Morgan fingerprint density at radius 2 is 2.25 bits per heavy atom. The molecule has 6 heteroatoms. The van der Waals surface area contributed by atoms with Gasteiger partial charge in [0.05, 0.1) is 18.4 Å². The number of primary amides is 1. The van der Waals surface area contributed by atoms with Crippen molar-refractivity contribution in [2.24, 2.45) is 5.73 Å². The number of amides is 1. The molecule has 5 N–H and O–H groups in total. The summed E-state index contributed by atoms with van der Waals surface area (Å²) in [7, 11) is 1.61. The lowest BCUT2D eigenvalue weighted by molar-refractivity contribution is 0.100. The Balaban J connectivity index is 2.04. The van der Waals surface area contributed by atoms with Gasteiger partial charge in [0.25, 0.3) is 5.91 Å². The summed E-state index contributed by atoms with van der Waals surface area (Å²) in [6.07, 6.45) is 3.80. The number of anilines is 1. The van der Waals surface area contributed by atoms with Crippen molar-refractivity contribution in [2.45, 2.75) is 12.8 Å². The molecule has 0 aromatic carbocycles. The first-order valence-electron chi connectivity index (χ1n) is 6.26. The molecule has 0 aliphatic heterocycles. The van der Waals surface area contributed by atoms with E-state index in [9.17, 15) is 4.79 Å². The van der Waals surface area contributed by atoms with Gasteiger partial charge in [0.15, 0.2) is 17.3 Å². The van der Waals surface area contributed by atoms with Gasteiger partial charge < -0.3 is 25.6 Å². The number of nitrogen functional groups attached to an aromatic ring is 1. The highest BCUT2D eigenvalue weighted by Gasteiger charge is 2.21. The molecule has 2 heterocycles. The zero-order chi connectivity index (χ0) is 14.3. The van der Waals surface area contributed by atoms with Crippen LogP contribution in [0.3, 0.4) is 0 Å². The minimum atomic E-state index is -0.571. The Morgan fingerprint density at radius 1 is 1.45 bits per heavy atom. The average Bonchev–Trinajstić information content (AvgIpc) is 3.01. The minimum Gasteiger partial charge on any atom is -0.493 e. The number of furan rings is 1. The highest BCUT2D eigenvalue weighted by molar-refractivity contribution is 5.98. The fraction of sp³-hybridized carbons (Fsp3) is 0.214. The van der Waals surface area contributed by atoms with Gasteiger partial charge in [-0.15, -0.1) is 0 Å². The highest BCUT2D eigenvalue weighted by atomic mass is 16.5. The molecule has 6 nitrogen and oxygen atoms in total. The van der Waals surface area contributed by atoms with Crippen LogP contribution in [0.4, 0.5) is 5.82 Å². The van der Waals surface area contributed by atoms with Crippen molar-refractivity contribution >= 4 is 17.5 Å². The second-order valence-electron chi connectivity index (χ2n) is 4.65. The standard InChI is InChI=1S/C14H15N3O3/c1-19-10-4-2-3-7-5-11(20-12(7)10)9-6-8(14(16)18)13(15)17-9/h4-6,17H,2-3,15H2,1H3,(H2,16,18). The third-order valence-electron chi connectivity index (χ3n) is 3.38. The van der Waals surface area contributed by atoms with Crippen LogP contribution in [0, 0.1) is 0 Å². The summed E-state index contributed by atoms with van der Waals surface area (Å²) in [6, 6.07) is 3.52. The van der Waals surface area contributed by atoms with Gasteiger partial charge in [0.2, 0.25) is 0 Å². The van der Waals surface area contributed by atoms with Crippen LogP contribution in [-0.4, -0.2) is 18.0 Å². The fourth-order valence-corrected chi connectivity index (χ4v) is 2.39. The Labute approximate surface area is 115 Å². The molecular formula is C14H15N3O3. The first kappa shape index (κ1) is 12.4. The third kappa shape index (κ3) is 1.85. The molecule has 2 aromatic rings. The van der Waals surface area contributed by atoms with E-state index in [4.69, 9.17) is 20.6 Å². The first-order chi connectivity index (χ1) is 9.60. The van der Waals surface area contributed by atoms with E-state index in [1.165, 1.54) is 0 Å². The molecule has 0 saturated carbocycles. The number of aryl methyl sites for hydroxylation is 1. The molecule has 0 saturated heterocycles. The molecule has 1 aliphatic rings. The average molecular weight is 273 g/mol. The number of hydrogen-bond donors (Lipinski definition) is 3. The summed E-state index contributed by atoms with van der Waals surface area (Å²) in [6.45, 7) is 0. The van der Waals surface area contributed by atoms with E-state index in [0.717, 1.165) is 29.9 Å². The Hall–Kier alpha value is -2.63. The second kappa shape index (κ2) is 4.48. The molecule has 1 amide bonds. The summed E-state index contributed by atoms with van der Waals surface area (Å²) < 4.78 is 11.1. The van der Waals surface area contributed by atoms with E-state index in [1.807, 2.05) is 12.1 Å². The lowest BCUT2D eigenvalue weighted by Gasteiger charge is -2.09. The third-order valence-corrected chi connectivity index (χ3v) is 3.38. The van der Waals surface area contributed by atoms with E-state index >= 15 is 0 Å². The monoisotopic (exact) mass is 273 g/mol. The number of nitrogens with one attached hydrogen (secondary N) is 1. The molecule has 3 rings (SSSR count). The van der Waals surface area contributed by atoms with Gasteiger partial charge in [-0.25, -0.2) is 0 Å². The van der Waals surface area contributed by atoms with Crippen LogP contribution in [-0.2, 0) is 11.2 Å². The molecule has 0 atom stereocenters. The van der Waals surface area contributed by atoms with E-state index < -0.39 is 5.91 Å². The van der Waals surface area contributed by atoms with Crippen molar-refractivity contribution in [1.82, 2.24) is 4.98 Å². The van der Waals surface area contributed by atoms with Gasteiger partial charge >= 0.3 is 0 Å². The van der Waals surface area contributed by atoms with Gasteiger partial charge in [-0.05, 0) is 31.1 Å². The van der Waals surface area contributed by atoms with Gasteiger partial charge in [0, 0.05) is 5.56 Å². The summed E-state index contributed by atoms with van der Waals surface area (Å²) >= 11 is 0. The Kier molecular flexibility index (Phi) is 2.78. The van der Waals surface area contributed by atoms with Gasteiger partial charge in [-0.2, -0.15) is 0 Å². The highest BCUT2D eigenvalue weighted by Crippen LogP contribution is 2.34. The quantitative estimate of drug-likeness (QED) is 0.793. The van der Waals surface area contributed by atoms with Crippen LogP contribution in [0.25, 0.3) is 17.2 Å². The Morgan fingerprint density at radius 3 is 2.90 bits per heavy atom. The molecular weight excluding hydrogens is 258 g/mol. The number of fused-ring (bicyclic) bond motifs is 1. The number of methoxy groups -OCH3 is 1. The van der Waals surface area contributed by atoms with Crippen molar-refractivity contribution in [3.63, 3.8) is 0 Å². The predicted octanol–water partition coefficient (Wildman–Crippen LogP) is 1.89. The number of carbonyl (C=O) groups is 1. The molecule has 0 spiro atoms. The summed E-state index contributed by atoms with van der Waals surface area (Å²) in [5, 5.41) is 0. The van der Waals surface area contributed by atoms with Crippen molar-refractivity contribution in [3.05, 3.63) is 35.1 Å². The normalized spacial score (nSPS) is 13.8. The zero-order valence-corrected chi connectivity index (χ0v) is 11.0. The van der Waals surface area contributed by atoms with Gasteiger partial charge in [-0.1, -0.05) is 0 Å². The maximum atomic E-state index is 11.2. The van der Waals surface area contributed by atoms with E-state index in [2.05, 4.69) is 4.98 Å². The number of aromatic nitrogens is 1. The summed E-state index contributed by atoms with van der Waals surface area (Å²) in [5.74, 6) is 1.73. The molecule has 0 bridgehead atoms. The number of H-pyrrole nitrogens is 1.